The Kier molecular flexibility index (Phi) is 5.75. The lowest BCUT2D eigenvalue weighted by atomic mass is 10.1. The van der Waals surface area contributed by atoms with E-state index in [0.717, 1.165) is 57.2 Å². The zero-order chi connectivity index (χ0) is 19.5. The van der Waals surface area contributed by atoms with Gasteiger partial charge in [-0.05, 0) is 37.7 Å². The van der Waals surface area contributed by atoms with E-state index in [1.807, 2.05) is 11.0 Å². The Balaban J connectivity index is 1.45. The molecule has 28 heavy (non-hydrogen) atoms. The third kappa shape index (κ3) is 4.11. The van der Waals surface area contributed by atoms with Crippen LogP contribution in [0.1, 0.15) is 5.56 Å². The lowest BCUT2D eigenvalue weighted by Gasteiger charge is -2.32. The molecule has 7 nitrogen and oxygen atoms in total. The highest BCUT2D eigenvalue weighted by Gasteiger charge is 2.14. The summed E-state index contributed by atoms with van der Waals surface area (Å²) in [4.78, 5) is 9.43. The van der Waals surface area contributed by atoms with Crippen LogP contribution in [0.15, 0.2) is 30.7 Å². The number of hydrogen-bond donors (Lipinski definition) is 0. The molecule has 4 rings (SSSR count). The first kappa shape index (κ1) is 19.1. The molecule has 0 unspecified atom stereocenters. The minimum absolute atomic E-state index is 0.713. The number of benzene rings is 1. The molecule has 1 fully saturated rings. The number of rotatable bonds is 7. The van der Waals surface area contributed by atoms with Gasteiger partial charge in [-0.1, -0.05) is 0 Å². The van der Waals surface area contributed by atoms with E-state index in [9.17, 15) is 0 Å². The molecule has 150 valence electrons. The smallest absolute Gasteiger partial charge is 0.181 e. The third-order valence-electron chi connectivity index (χ3n) is 5.65. The first-order valence-electron chi connectivity index (χ1n) is 10.0. The van der Waals surface area contributed by atoms with Gasteiger partial charge in [0.25, 0.3) is 0 Å². The molecule has 0 saturated carbocycles. The van der Waals surface area contributed by atoms with Gasteiger partial charge in [-0.3, -0.25) is 9.58 Å². The van der Waals surface area contributed by atoms with Crippen LogP contribution in [0, 0.1) is 6.92 Å². The predicted molar refractivity (Wildman–Crippen MR) is 112 cm³/mol. The van der Waals surface area contributed by atoms with Crippen LogP contribution in [0.5, 0.6) is 0 Å². The zero-order valence-corrected chi connectivity index (χ0v) is 17.1. The van der Waals surface area contributed by atoms with Gasteiger partial charge in [-0.25, -0.2) is 4.98 Å². The van der Waals surface area contributed by atoms with E-state index in [1.165, 1.54) is 16.5 Å². The van der Waals surface area contributed by atoms with Crippen LogP contribution in [-0.4, -0.2) is 82.6 Å². The second kappa shape index (κ2) is 8.43. The Bertz CT molecular complexity index is 922. The molecule has 1 saturated heterocycles. The Morgan fingerprint density at radius 2 is 1.89 bits per heavy atom. The number of aromatic nitrogens is 4. The van der Waals surface area contributed by atoms with E-state index >= 15 is 0 Å². The van der Waals surface area contributed by atoms with Crippen molar-refractivity contribution in [3.8, 4) is 11.4 Å². The predicted octanol–water partition coefficient (Wildman–Crippen LogP) is 2.10. The summed E-state index contributed by atoms with van der Waals surface area (Å²) in [6.45, 7) is 10.2. The van der Waals surface area contributed by atoms with Crippen LogP contribution in [-0.2, 0) is 17.8 Å². The average Bonchev–Trinajstić information content (AvgIpc) is 3.30. The second-order valence-corrected chi connectivity index (χ2v) is 7.71. The van der Waals surface area contributed by atoms with Gasteiger partial charge in [0, 0.05) is 69.0 Å². The minimum atomic E-state index is 0.713. The molecule has 0 N–H and O–H groups in total. The van der Waals surface area contributed by atoms with Crippen molar-refractivity contribution in [3.05, 3.63) is 36.3 Å². The lowest BCUT2D eigenvalue weighted by Crippen LogP contribution is -2.45. The zero-order valence-electron chi connectivity index (χ0n) is 17.1. The number of hydrogen-bond acceptors (Lipinski definition) is 5. The van der Waals surface area contributed by atoms with Gasteiger partial charge in [-0.15, -0.1) is 0 Å². The quantitative estimate of drug-likeness (QED) is 0.626. The number of methoxy groups -OCH3 is 1. The van der Waals surface area contributed by atoms with Crippen molar-refractivity contribution in [1.82, 2.24) is 29.1 Å². The van der Waals surface area contributed by atoms with Gasteiger partial charge >= 0.3 is 0 Å². The van der Waals surface area contributed by atoms with Crippen molar-refractivity contribution in [2.24, 2.45) is 0 Å². The summed E-state index contributed by atoms with van der Waals surface area (Å²) < 4.78 is 9.44. The van der Waals surface area contributed by atoms with Crippen LogP contribution in [0.25, 0.3) is 22.3 Å². The van der Waals surface area contributed by atoms with Crippen LogP contribution in [0.4, 0.5) is 0 Å². The first-order valence-corrected chi connectivity index (χ1v) is 10.0. The monoisotopic (exact) mass is 382 g/mol. The summed E-state index contributed by atoms with van der Waals surface area (Å²) in [5.41, 5.74) is 3.56. The molecule has 0 aliphatic carbocycles. The number of ether oxygens (including phenoxy) is 1. The molecule has 2 aromatic heterocycles. The van der Waals surface area contributed by atoms with Gasteiger partial charge in [0.2, 0.25) is 0 Å². The molecule has 0 spiro atoms. The maximum absolute atomic E-state index is 5.22. The molecule has 0 bridgehead atoms. The fourth-order valence-corrected chi connectivity index (χ4v) is 3.84. The highest BCUT2D eigenvalue weighted by molar-refractivity contribution is 5.87. The van der Waals surface area contributed by atoms with Gasteiger partial charge in [0.1, 0.15) is 6.33 Å². The van der Waals surface area contributed by atoms with Crippen molar-refractivity contribution in [1.29, 1.82) is 0 Å². The van der Waals surface area contributed by atoms with Gasteiger partial charge in [-0.2, -0.15) is 5.10 Å². The van der Waals surface area contributed by atoms with Crippen molar-refractivity contribution in [3.63, 3.8) is 0 Å². The van der Waals surface area contributed by atoms with Crippen molar-refractivity contribution in [2.45, 2.75) is 20.0 Å². The summed E-state index contributed by atoms with van der Waals surface area (Å²) in [6, 6.07) is 6.48. The summed E-state index contributed by atoms with van der Waals surface area (Å²) >= 11 is 0. The number of likely N-dealkylation sites (N-methyl/N-ethyl adjacent to an activating group) is 1. The van der Waals surface area contributed by atoms with E-state index in [1.54, 1.807) is 7.11 Å². The van der Waals surface area contributed by atoms with E-state index in [0.29, 0.717) is 6.61 Å². The normalized spacial score (nSPS) is 16.2. The average molecular weight is 383 g/mol. The molecule has 1 aliphatic rings. The maximum atomic E-state index is 5.22. The fourth-order valence-electron chi connectivity index (χ4n) is 3.84. The Morgan fingerprint density at radius 1 is 1.07 bits per heavy atom. The van der Waals surface area contributed by atoms with Crippen molar-refractivity contribution < 1.29 is 4.74 Å². The van der Waals surface area contributed by atoms with Gasteiger partial charge in [0.05, 0.1) is 13.2 Å². The Labute approximate surface area is 166 Å². The van der Waals surface area contributed by atoms with Crippen molar-refractivity contribution >= 4 is 10.9 Å². The molecule has 7 heteroatoms. The van der Waals surface area contributed by atoms with Gasteiger partial charge in [0.15, 0.2) is 5.82 Å². The topological polar surface area (TPSA) is 51.4 Å². The first-order chi connectivity index (χ1) is 13.6. The van der Waals surface area contributed by atoms with Crippen LogP contribution < -0.4 is 0 Å². The number of nitrogens with zero attached hydrogens (tertiary/aromatic N) is 6. The summed E-state index contributed by atoms with van der Waals surface area (Å²) in [7, 11) is 3.92. The Morgan fingerprint density at radius 3 is 2.68 bits per heavy atom. The SMILES string of the molecule is COCCn1cc(C)c2cc(-c3ncn(CCN4CCN(C)CC4)n3)ccc21. The molecule has 1 aliphatic heterocycles. The van der Waals surface area contributed by atoms with E-state index in [-0.39, 0.29) is 0 Å². The summed E-state index contributed by atoms with van der Waals surface area (Å²) in [6.07, 6.45) is 4.04. The van der Waals surface area contributed by atoms with Crippen molar-refractivity contribution in [2.75, 3.05) is 53.5 Å². The lowest BCUT2D eigenvalue weighted by molar-refractivity contribution is 0.149. The molecule has 3 heterocycles. The largest absolute Gasteiger partial charge is 0.383 e. The molecular formula is C21H30N6O. The van der Waals surface area contributed by atoms with Crippen LogP contribution in [0.2, 0.25) is 0 Å². The second-order valence-electron chi connectivity index (χ2n) is 7.71. The van der Waals surface area contributed by atoms with E-state index < -0.39 is 0 Å². The molecule has 0 atom stereocenters. The summed E-state index contributed by atoms with van der Waals surface area (Å²) in [5, 5.41) is 5.97. The number of aryl methyl sites for hydroxylation is 1. The highest BCUT2D eigenvalue weighted by Crippen LogP contribution is 2.26. The summed E-state index contributed by atoms with van der Waals surface area (Å²) in [5.74, 6) is 0.796. The maximum Gasteiger partial charge on any atom is 0.181 e. The molecule has 0 amide bonds. The minimum Gasteiger partial charge on any atom is -0.383 e. The van der Waals surface area contributed by atoms with Gasteiger partial charge < -0.3 is 14.2 Å². The standard InChI is InChI=1S/C21H30N6O/c1-17-15-26(12-13-28-3)20-5-4-18(14-19(17)20)21-22-16-27(23-21)11-10-25-8-6-24(2)7-9-25/h4-5,14-16H,6-13H2,1-3H3. The molecule has 1 aromatic carbocycles. The molecular weight excluding hydrogens is 352 g/mol. The number of fused-ring (bicyclic) bond motifs is 1. The van der Waals surface area contributed by atoms with Crippen LogP contribution in [0.3, 0.4) is 0 Å². The molecule has 0 radical (unpaired) electrons. The molecule has 3 aromatic rings. The van der Waals surface area contributed by atoms with E-state index in [4.69, 9.17) is 9.84 Å². The fraction of sp³-hybridized carbons (Fsp3) is 0.524. The third-order valence-corrected chi connectivity index (χ3v) is 5.65. The Hall–Kier alpha value is -2.22. The van der Waals surface area contributed by atoms with E-state index in [2.05, 4.69) is 57.7 Å². The highest BCUT2D eigenvalue weighted by atomic mass is 16.5. The number of piperazine rings is 1. The van der Waals surface area contributed by atoms with Crippen LogP contribution >= 0.6 is 0 Å².